The van der Waals surface area contributed by atoms with Gasteiger partial charge in [0.05, 0.1) is 24.5 Å². The van der Waals surface area contributed by atoms with E-state index in [4.69, 9.17) is 9.47 Å². The van der Waals surface area contributed by atoms with E-state index in [0.29, 0.717) is 24.3 Å². The van der Waals surface area contributed by atoms with Gasteiger partial charge in [0.25, 0.3) is 0 Å². The van der Waals surface area contributed by atoms with Crippen molar-refractivity contribution in [3.63, 3.8) is 0 Å². The molecule has 0 aromatic heterocycles. The minimum absolute atomic E-state index is 0.590. The predicted molar refractivity (Wildman–Crippen MR) is 69.9 cm³/mol. The topological polar surface area (TPSA) is 55.8 Å². The van der Waals surface area contributed by atoms with Crippen LogP contribution in [0, 0.1) is 0 Å². The van der Waals surface area contributed by atoms with Crippen LogP contribution in [0.2, 0.25) is 0 Å². The maximum absolute atomic E-state index is 11.4. The molecule has 5 heteroatoms. The van der Waals surface area contributed by atoms with Gasteiger partial charge < -0.3 is 14.6 Å². The molecule has 0 radical (unpaired) electrons. The number of carboxylic acid groups (broad SMARTS) is 1. The normalized spacial score (nSPS) is 16.2. The number of rotatable bonds is 5. The van der Waals surface area contributed by atoms with Crippen LogP contribution in [0.4, 0.5) is 0 Å². The maximum Gasteiger partial charge on any atom is 0.314 e. The van der Waals surface area contributed by atoms with Gasteiger partial charge in [-0.25, -0.2) is 0 Å². The van der Waals surface area contributed by atoms with Crippen molar-refractivity contribution >= 4 is 17.7 Å². The van der Waals surface area contributed by atoms with Crippen molar-refractivity contribution in [2.45, 2.75) is 23.2 Å². The highest BCUT2D eigenvalue weighted by Gasteiger charge is 2.52. The van der Waals surface area contributed by atoms with Gasteiger partial charge in [0.15, 0.2) is 11.5 Å². The summed E-state index contributed by atoms with van der Waals surface area (Å²) in [6.45, 7) is 0. The van der Waals surface area contributed by atoms with Gasteiger partial charge in [-0.1, -0.05) is 0 Å². The summed E-state index contributed by atoms with van der Waals surface area (Å²) in [5.41, 5.74) is 0.0846. The highest BCUT2D eigenvalue weighted by molar-refractivity contribution is 7.98. The van der Waals surface area contributed by atoms with E-state index in [1.54, 1.807) is 20.3 Å². The average molecular weight is 268 g/mol. The Balaban J connectivity index is 2.54. The van der Waals surface area contributed by atoms with Gasteiger partial charge >= 0.3 is 5.97 Å². The molecule has 1 aromatic carbocycles. The second kappa shape index (κ2) is 4.72. The van der Waals surface area contributed by atoms with Crippen molar-refractivity contribution in [2.24, 2.45) is 0 Å². The number of methoxy groups -OCH3 is 2. The summed E-state index contributed by atoms with van der Waals surface area (Å²) in [4.78, 5) is 12.3. The molecule has 1 saturated carbocycles. The van der Waals surface area contributed by atoms with Crippen LogP contribution in [0.15, 0.2) is 17.0 Å². The van der Waals surface area contributed by atoms with Crippen LogP contribution in [0.3, 0.4) is 0 Å². The largest absolute Gasteiger partial charge is 0.493 e. The number of hydrogen-bond donors (Lipinski definition) is 1. The zero-order valence-corrected chi connectivity index (χ0v) is 11.5. The zero-order valence-electron chi connectivity index (χ0n) is 10.6. The van der Waals surface area contributed by atoms with E-state index >= 15 is 0 Å². The first kappa shape index (κ1) is 13.1. The number of carbonyl (C=O) groups is 1. The number of thioether (sulfide) groups is 1. The van der Waals surface area contributed by atoms with Gasteiger partial charge in [0.2, 0.25) is 0 Å². The van der Waals surface area contributed by atoms with E-state index in [2.05, 4.69) is 0 Å². The molecule has 1 aliphatic carbocycles. The van der Waals surface area contributed by atoms with E-state index in [1.807, 2.05) is 12.3 Å². The van der Waals surface area contributed by atoms with Crippen LogP contribution in [0.25, 0.3) is 0 Å². The van der Waals surface area contributed by atoms with Gasteiger partial charge in [0.1, 0.15) is 0 Å². The third-order valence-corrected chi connectivity index (χ3v) is 4.12. The summed E-state index contributed by atoms with van der Waals surface area (Å²) in [6.07, 6.45) is 3.30. The molecular weight excluding hydrogens is 252 g/mol. The number of benzene rings is 1. The lowest BCUT2D eigenvalue weighted by molar-refractivity contribution is -0.140. The van der Waals surface area contributed by atoms with Crippen molar-refractivity contribution in [3.05, 3.63) is 17.7 Å². The maximum atomic E-state index is 11.4. The first-order valence-electron chi connectivity index (χ1n) is 5.63. The van der Waals surface area contributed by atoms with E-state index in [1.165, 1.54) is 11.8 Å². The molecule has 98 valence electrons. The van der Waals surface area contributed by atoms with E-state index < -0.39 is 11.4 Å². The predicted octanol–water partition coefficient (Wildman–Crippen LogP) is 2.54. The van der Waals surface area contributed by atoms with Crippen molar-refractivity contribution in [3.8, 4) is 11.5 Å². The van der Waals surface area contributed by atoms with Gasteiger partial charge in [-0.05, 0) is 36.8 Å². The Hall–Kier alpha value is -1.36. The molecule has 0 aliphatic heterocycles. The molecule has 0 unspecified atom stereocenters. The fraction of sp³-hybridized carbons (Fsp3) is 0.462. The summed E-state index contributed by atoms with van der Waals surface area (Å²) < 4.78 is 10.6. The summed E-state index contributed by atoms with van der Waals surface area (Å²) in [5, 5.41) is 9.33. The smallest absolute Gasteiger partial charge is 0.314 e. The molecule has 0 amide bonds. The fourth-order valence-corrected chi connectivity index (χ4v) is 2.72. The fourth-order valence-electron chi connectivity index (χ4n) is 2.11. The Labute approximate surface area is 110 Å². The Kier molecular flexibility index (Phi) is 3.43. The Morgan fingerprint density at radius 2 is 2.00 bits per heavy atom. The monoisotopic (exact) mass is 268 g/mol. The molecule has 0 spiro atoms. The molecule has 0 saturated heterocycles. The van der Waals surface area contributed by atoms with Crippen LogP contribution in [0.1, 0.15) is 18.4 Å². The Bertz CT molecular complexity index is 455. The lowest BCUT2D eigenvalue weighted by Crippen LogP contribution is -2.19. The number of carboxylic acids is 1. The second-order valence-corrected chi connectivity index (χ2v) is 5.15. The van der Waals surface area contributed by atoms with Crippen molar-refractivity contribution < 1.29 is 19.4 Å². The highest BCUT2D eigenvalue weighted by atomic mass is 32.2. The number of ether oxygens (including phenoxy) is 2. The van der Waals surface area contributed by atoms with E-state index in [9.17, 15) is 9.90 Å². The Morgan fingerprint density at radius 1 is 1.33 bits per heavy atom. The lowest BCUT2D eigenvalue weighted by atomic mass is 9.96. The quantitative estimate of drug-likeness (QED) is 0.832. The third-order valence-electron chi connectivity index (χ3n) is 3.38. The molecule has 1 aromatic rings. The molecule has 1 N–H and O–H groups in total. The van der Waals surface area contributed by atoms with Gasteiger partial charge in [0, 0.05) is 0 Å². The van der Waals surface area contributed by atoms with E-state index in [0.717, 1.165) is 10.5 Å². The van der Waals surface area contributed by atoms with Gasteiger partial charge in [-0.15, -0.1) is 11.8 Å². The van der Waals surface area contributed by atoms with Gasteiger partial charge in [-0.2, -0.15) is 0 Å². The number of hydrogen-bond acceptors (Lipinski definition) is 4. The first-order valence-corrected chi connectivity index (χ1v) is 6.85. The van der Waals surface area contributed by atoms with E-state index in [-0.39, 0.29) is 0 Å². The molecule has 18 heavy (non-hydrogen) atoms. The molecule has 4 nitrogen and oxygen atoms in total. The summed E-state index contributed by atoms with van der Waals surface area (Å²) in [5.74, 6) is 0.489. The van der Waals surface area contributed by atoms with Crippen LogP contribution >= 0.6 is 11.8 Å². The summed E-state index contributed by atoms with van der Waals surface area (Å²) in [7, 11) is 3.15. The molecule has 1 aliphatic rings. The molecule has 0 atom stereocenters. The SMILES string of the molecule is COc1cc(C2(C(=O)O)CC2)cc(SC)c1OC. The van der Waals surface area contributed by atoms with Crippen LogP contribution in [0.5, 0.6) is 11.5 Å². The summed E-state index contributed by atoms with van der Waals surface area (Å²) in [6, 6.07) is 3.67. The van der Waals surface area contributed by atoms with Crippen LogP contribution in [-0.4, -0.2) is 31.6 Å². The van der Waals surface area contributed by atoms with Crippen molar-refractivity contribution in [2.75, 3.05) is 20.5 Å². The standard InChI is InChI=1S/C13H16O4S/c1-16-9-6-8(13(4-5-13)12(14)15)7-10(18-3)11(9)17-2/h6-7H,4-5H2,1-3H3,(H,14,15). The molecule has 2 rings (SSSR count). The second-order valence-electron chi connectivity index (χ2n) is 4.30. The summed E-state index contributed by atoms with van der Waals surface area (Å²) >= 11 is 1.52. The molecule has 0 bridgehead atoms. The van der Waals surface area contributed by atoms with Crippen LogP contribution < -0.4 is 9.47 Å². The minimum atomic E-state index is -0.762. The van der Waals surface area contributed by atoms with Crippen molar-refractivity contribution in [1.82, 2.24) is 0 Å². The number of aliphatic carboxylic acids is 1. The first-order chi connectivity index (χ1) is 8.58. The minimum Gasteiger partial charge on any atom is -0.493 e. The van der Waals surface area contributed by atoms with Crippen molar-refractivity contribution in [1.29, 1.82) is 0 Å². The Morgan fingerprint density at radius 3 is 2.39 bits per heavy atom. The molecule has 0 heterocycles. The van der Waals surface area contributed by atoms with Gasteiger partial charge in [-0.3, -0.25) is 4.79 Å². The van der Waals surface area contributed by atoms with Crippen LogP contribution in [-0.2, 0) is 10.2 Å². The molecule has 1 fully saturated rings. The average Bonchev–Trinajstić information content (AvgIpc) is 3.18. The highest BCUT2D eigenvalue weighted by Crippen LogP contribution is 2.51. The lowest BCUT2D eigenvalue weighted by Gasteiger charge is -2.17. The zero-order chi connectivity index (χ0) is 13.3. The molecular formula is C13H16O4S. The third kappa shape index (κ3) is 1.92.